The Kier molecular flexibility index (Phi) is 4.05. The summed E-state index contributed by atoms with van der Waals surface area (Å²) >= 11 is 0. The molecule has 0 radical (unpaired) electrons. The molecule has 0 saturated carbocycles. The van der Waals surface area contributed by atoms with Gasteiger partial charge in [0.15, 0.2) is 5.58 Å². The second kappa shape index (κ2) is 6.37. The standard InChI is InChI=1S/C21H20FNOSi/c1-25(2)13-14-5-3-6-17-18-7-4-8-19(21(18)24-20(14)17)23-16-11-9-15(22)10-12-16/h3-12,23,25H,13H2,1-2H3. The van der Waals surface area contributed by atoms with Crippen molar-refractivity contribution < 1.29 is 8.81 Å². The van der Waals surface area contributed by atoms with Crippen molar-refractivity contribution in [2.75, 3.05) is 5.32 Å². The number of furan rings is 1. The van der Waals surface area contributed by atoms with Crippen LogP contribution in [0.4, 0.5) is 15.8 Å². The number of hydrogen-bond acceptors (Lipinski definition) is 2. The van der Waals surface area contributed by atoms with E-state index in [9.17, 15) is 4.39 Å². The largest absolute Gasteiger partial charge is 0.454 e. The van der Waals surface area contributed by atoms with Crippen LogP contribution < -0.4 is 5.32 Å². The summed E-state index contributed by atoms with van der Waals surface area (Å²) in [5.74, 6) is -0.241. The molecule has 1 N–H and O–H groups in total. The Morgan fingerprint density at radius 1 is 0.880 bits per heavy atom. The number of benzene rings is 3. The van der Waals surface area contributed by atoms with Crippen molar-refractivity contribution in [2.45, 2.75) is 19.1 Å². The van der Waals surface area contributed by atoms with Crippen LogP contribution in [-0.4, -0.2) is 8.80 Å². The molecule has 1 heterocycles. The first-order valence-electron chi connectivity index (χ1n) is 8.57. The molecule has 0 aliphatic carbocycles. The zero-order valence-electron chi connectivity index (χ0n) is 14.3. The summed E-state index contributed by atoms with van der Waals surface area (Å²) < 4.78 is 19.4. The Balaban J connectivity index is 1.84. The summed E-state index contributed by atoms with van der Waals surface area (Å²) in [4.78, 5) is 0. The van der Waals surface area contributed by atoms with Crippen LogP contribution in [-0.2, 0) is 6.04 Å². The Bertz CT molecular complexity index is 1040. The fraction of sp³-hybridized carbons (Fsp3) is 0.143. The van der Waals surface area contributed by atoms with Gasteiger partial charge in [-0.05, 0) is 41.9 Å². The van der Waals surface area contributed by atoms with Crippen molar-refractivity contribution in [3.8, 4) is 0 Å². The van der Waals surface area contributed by atoms with E-state index >= 15 is 0 Å². The first-order chi connectivity index (χ1) is 12.1. The lowest BCUT2D eigenvalue weighted by Crippen LogP contribution is -2.05. The third-order valence-corrected chi connectivity index (χ3v) is 5.61. The Hall–Kier alpha value is -2.59. The summed E-state index contributed by atoms with van der Waals surface area (Å²) in [7, 11) is -0.734. The van der Waals surface area contributed by atoms with E-state index in [0.717, 1.165) is 39.4 Å². The van der Waals surface area contributed by atoms with Crippen molar-refractivity contribution in [2.24, 2.45) is 0 Å². The second-order valence-electron chi connectivity index (χ2n) is 6.81. The lowest BCUT2D eigenvalue weighted by atomic mass is 10.1. The Labute approximate surface area is 147 Å². The van der Waals surface area contributed by atoms with E-state index < -0.39 is 8.80 Å². The maximum Gasteiger partial charge on any atom is 0.158 e. The van der Waals surface area contributed by atoms with E-state index in [2.05, 4.69) is 42.7 Å². The third-order valence-electron chi connectivity index (χ3n) is 4.36. The van der Waals surface area contributed by atoms with Crippen molar-refractivity contribution in [1.29, 1.82) is 0 Å². The minimum atomic E-state index is -0.734. The minimum Gasteiger partial charge on any atom is -0.454 e. The van der Waals surface area contributed by atoms with Gasteiger partial charge in [0.1, 0.15) is 11.4 Å². The molecule has 3 aromatic carbocycles. The van der Waals surface area contributed by atoms with Crippen molar-refractivity contribution in [3.63, 3.8) is 0 Å². The predicted octanol–water partition coefficient (Wildman–Crippen LogP) is 6.04. The van der Waals surface area contributed by atoms with Gasteiger partial charge < -0.3 is 9.73 Å². The number of hydrogen-bond donors (Lipinski definition) is 1. The Morgan fingerprint density at radius 2 is 1.56 bits per heavy atom. The lowest BCUT2D eigenvalue weighted by Gasteiger charge is -2.06. The summed E-state index contributed by atoms with van der Waals surface area (Å²) in [5.41, 5.74) is 4.87. The highest BCUT2D eigenvalue weighted by Crippen LogP contribution is 2.36. The highest BCUT2D eigenvalue weighted by atomic mass is 28.3. The molecule has 1 aromatic heterocycles. The molecule has 4 rings (SSSR count). The average Bonchev–Trinajstić information content (AvgIpc) is 2.98. The molecule has 0 unspecified atom stereocenters. The first kappa shape index (κ1) is 15.9. The fourth-order valence-electron chi connectivity index (χ4n) is 3.27. The second-order valence-corrected chi connectivity index (χ2v) is 10.0. The summed E-state index contributed by atoms with van der Waals surface area (Å²) in [6.45, 7) is 4.70. The molecule has 2 nitrogen and oxygen atoms in total. The number of fused-ring (bicyclic) bond motifs is 3. The molecule has 4 heteroatoms. The van der Waals surface area contributed by atoms with Crippen LogP contribution in [0.2, 0.25) is 13.1 Å². The van der Waals surface area contributed by atoms with Gasteiger partial charge in [-0.2, -0.15) is 0 Å². The lowest BCUT2D eigenvalue weighted by molar-refractivity contribution is 0.628. The molecule has 0 atom stereocenters. The fourth-order valence-corrected chi connectivity index (χ4v) is 4.47. The molecule has 0 spiro atoms. The van der Waals surface area contributed by atoms with E-state index in [1.54, 1.807) is 12.1 Å². The summed E-state index contributed by atoms with van der Waals surface area (Å²) in [6.07, 6.45) is 0. The van der Waals surface area contributed by atoms with Crippen LogP contribution in [0, 0.1) is 5.82 Å². The molecule has 0 bridgehead atoms. The van der Waals surface area contributed by atoms with Gasteiger partial charge in [-0.1, -0.05) is 43.4 Å². The normalized spacial score (nSPS) is 11.5. The molecule has 126 valence electrons. The zero-order valence-corrected chi connectivity index (χ0v) is 15.5. The van der Waals surface area contributed by atoms with Crippen LogP contribution in [0.3, 0.4) is 0 Å². The topological polar surface area (TPSA) is 25.2 Å². The predicted molar refractivity (Wildman–Crippen MR) is 106 cm³/mol. The van der Waals surface area contributed by atoms with E-state index in [-0.39, 0.29) is 5.82 Å². The number of halogens is 1. The van der Waals surface area contributed by atoms with Gasteiger partial charge >= 0.3 is 0 Å². The third kappa shape index (κ3) is 3.05. The highest BCUT2D eigenvalue weighted by Gasteiger charge is 2.14. The van der Waals surface area contributed by atoms with Crippen molar-refractivity contribution >= 4 is 42.1 Å². The smallest absolute Gasteiger partial charge is 0.158 e. The van der Waals surface area contributed by atoms with Gasteiger partial charge in [0.05, 0.1) is 5.69 Å². The van der Waals surface area contributed by atoms with Crippen molar-refractivity contribution in [3.05, 3.63) is 72.0 Å². The SMILES string of the molecule is C[SiH](C)Cc1cccc2c1oc1c(Nc3ccc(F)cc3)cccc12. The molecule has 0 aliphatic rings. The van der Waals surface area contributed by atoms with Gasteiger partial charge in [-0.3, -0.25) is 0 Å². The van der Waals surface area contributed by atoms with Crippen LogP contribution in [0.15, 0.2) is 65.1 Å². The first-order valence-corrected chi connectivity index (χ1v) is 11.7. The minimum absolute atomic E-state index is 0.241. The summed E-state index contributed by atoms with van der Waals surface area (Å²) in [6, 6.07) is 20.0. The summed E-state index contributed by atoms with van der Waals surface area (Å²) in [5, 5.41) is 5.61. The van der Waals surface area contributed by atoms with Gasteiger partial charge in [0.2, 0.25) is 0 Å². The highest BCUT2D eigenvalue weighted by molar-refractivity contribution is 6.55. The van der Waals surface area contributed by atoms with Gasteiger partial charge in [0.25, 0.3) is 0 Å². The van der Waals surface area contributed by atoms with Crippen LogP contribution in [0.5, 0.6) is 0 Å². The number of anilines is 2. The maximum absolute atomic E-state index is 13.1. The van der Waals surface area contributed by atoms with Crippen LogP contribution >= 0.6 is 0 Å². The van der Waals surface area contributed by atoms with Crippen molar-refractivity contribution in [1.82, 2.24) is 0 Å². The number of para-hydroxylation sites is 2. The van der Waals surface area contributed by atoms with E-state index in [4.69, 9.17) is 4.42 Å². The molecule has 25 heavy (non-hydrogen) atoms. The van der Waals surface area contributed by atoms with Crippen LogP contribution in [0.25, 0.3) is 21.9 Å². The molecular formula is C21H20FNOSi. The molecule has 0 saturated heterocycles. The molecule has 0 aliphatic heterocycles. The van der Waals surface area contributed by atoms with E-state index in [1.165, 1.54) is 17.7 Å². The van der Waals surface area contributed by atoms with Gasteiger partial charge in [-0.15, -0.1) is 0 Å². The maximum atomic E-state index is 13.1. The zero-order chi connectivity index (χ0) is 17.4. The van der Waals surface area contributed by atoms with Gasteiger partial charge in [-0.25, -0.2) is 4.39 Å². The Morgan fingerprint density at radius 3 is 2.28 bits per heavy atom. The molecule has 0 amide bonds. The monoisotopic (exact) mass is 349 g/mol. The molecular weight excluding hydrogens is 329 g/mol. The number of rotatable bonds is 4. The van der Waals surface area contributed by atoms with E-state index in [0.29, 0.717) is 0 Å². The van der Waals surface area contributed by atoms with Gasteiger partial charge in [0, 0.05) is 25.3 Å². The van der Waals surface area contributed by atoms with E-state index in [1.807, 2.05) is 12.1 Å². The molecule has 4 aromatic rings. The molecule has 0 fully saturated rings. The quantitative estimate of drug-likeness (QED) is 0.455. The average molecular weight is 349 g/mol. The number of nitrogens with one attached hydrogen (secondary N) is 1. The van der Waals surface area contributed by atoms with Crippen LogP contribution in [0.1, 0.15) is 5.56 Å².